The predicted octanol–water partition coefficient (Wildman–Crippen LogP) is 11.4. The molecule has 6 aliphatic rings. The van der Waals surface area contributed by atoms with E-state index < -0.39 is 12.1 Å². The summed E-state index contributed by atoms with van der Waals surface area (Å²) in [7, 11) is 2.77. The number of hydrogen-bond acceptors (Lipinski definition) is 8. The van der Waals surface area contributed by atoms with Crippen LogP contribution in [-0.2, 0) is 27.1 Å². The predicted molar refractivity (Wildman–Crippen MR) is 277 cm³/mol. The number of aromatic nitrogens is 2. The Morgan fingerprint density at radius 2 is 1.41 bits per heavy atom. The van der Waals surface area contributed by atoms with Crippen molar-refractivity contribution >= 4 is 40.4 Å². The Balaban J connectivity index is 0.902. The fourth-order valence-corrected chi connectivity index (χ4v) is 14.4. The van der Waals surface area contributed by atoms with Crippen LogP contribution in [-0.4, -0.2) is 94.0 Å². The molecule has 4 aliphatic carbocycles. The molecule has 3 aromatic carbocycles. The number of likely N-dealkylation sites (tertiary alicyclic amines) is 2. The van der Waals surface area contributed by atoms with E-state index in [1.807, 2.05) is 18.7 Å². The van der Waals surface area contributed by atoms with Crippen LogP contribution < -0.4 is 10.6 Å². The molecular weight excluding hydrogens is 875 g/mol. The number of alkyl carbamates (subject to hydrolysis) is 2. The summed E-state index contributed by atoms with van der Waals surface area (Å²) in [5, 5.41) is 5.96. The van der Waals surface area contributed by atoms with Gasteiger partial charge in [0.1, 0.15) is 11.9 Å². The van der Waals surface area contributed by atoms with E-state index in [2.05, 4.69) is 116 Å². The first kappa shape index (κ1) is 48.2. The van der Waals surface area contributed by atoms with Gasteiger partial charge in [-0.1, -0.05) is 83.0 Å². The van der Waals surface area contributed by atoms with Gasteiger partial charge in [-0.15, -0.1) is 0 Å². The van der Waals surface area contributed by atoms with Gasteiger partial charge < -0.3 is 30.0 Å². The van der Waals surface area contributed by atoms with Crippen LogP contribution in [0, 0.1) is 29.1 Å². The number of rotatable bonds is 13. The molecule has 5 unspecified atom stereocenters. The number of imidazole rings is 1. The molecule has 9 atom stereocenters. The van der Waals surface area contributed by atoms with Gasteiger partial charge in [0, 0.05) is 36.1 Å². The molecule has 10 rings (SSSR count). The van der Waals surface area contributed by atoms with Crippen LogP contribution >= 0.6 is 0 Å². The lowest BCUT2D eigenvalue weighted by atomic mass is 9.82. The van der Waals surface area contributed by atoms with Gasteiger partial charge in [0.05, 0.1) is 37.3 Å². The van der Waals surface area contributed by atoms with E-state index in [1.165, 1.54) is 98.1 Å². The minimum atomic E-state index is -0.672. The SMILES string of the molecule is COC(=O)N[C@@H](C(C)C)C(C)N1C2CCC(C2)[C@H]1/C(C)=N/C=C(\C)c1ccc(-c2ccc(-c3ccc4[nH]c([C@@H]5C6CCC(C6)N5C(=O)[C@@H](NC(=O)OC)C(C)C)nc4c3)c3c2CC2(CCCC2)C3)cc1. The molecule has 3 amide bonds. The van der Waals surface area contributed by atoms with Crippen LogP contribution in [0.15, 0.2) is 65.8 Å². The van der Waals surface area contributed by atoms with Gasteiger partial charge >= 0.3 is 12.2 Å². The zero-order valence-corrected chi connectivity index (χ0v) is 42.9. The molecule has 12 nitrogen and oxygen atoms in total. The molecule has 3 heterocycles. The molecule has 372 valence electrons. The lowest BCUT2D eigenvalue weighted by Crippen LogP contribution is -2.58. The summed E-state index contributed by atoms with van der Waals surface area (Å²) in [5.74, 6) is 1.85. The molecule has 12 heteroatoms. The Hall–Kier alpha value is -5.49. The minimum Gasteiger partial charge on any atom is -0.453 e. The first-order valence-electron chi connectivity index (χ1n) is 26.4. The number of nitrogens with one attached hydrogen (secondary N) is 3. The number of hydrogen-bond donors (Lipinski definition) is 3. The Morgan fingerprint density at radius 1 is 0.786 bits per heavy atom. The van der Waals surface area contributed by atoms with Gasteiger partial charge in [-0.2, -0.15) is 0 Å². The van der Waals surface area contributed by atoms with Crippen molar-refractivity contribution in [3.63, 3.8) is 0 Å². The second kappa shape index (κ2) is 19.3. The van der Waals surface area contributed by atoms with E-state index >= 15 is 0 Å². The highest BCUT2D eigenvalue weighted by Gasteiger charge is 2.52. The first-order chi connectivity index (χ1) is 33.7. The number of aromatic amines is 1. The highest BCUT2D eigenvalue weighted by molar-refractivity contribution is 5.90. The largest absolute Gasteiger partial charge is 0.453 e. The number of fused-ring (bicyclic) bond motifs is 6. The molecule has 2 aliphatic heterocycles. The van der Waals surface area contributed by atoms with Crippen molar-refractivity contribution in [1.82, 2.24) is 30.4 Å². The van der Waals surface area contributed by atoms with E-state index in [9.17, 15) is 14.4 Å². The zero-order valence-electron chi connectivity index (χ0n) is 42.9. The summed E-state index contributed by atoms with van der Waals surface area (Å²) in [5.41, 5.74) is 13.7. The minimum absolute atomic E-state index is 0.0209. The number of aliphatic imine (C=N–C) groups is 1. The number of carbonyl (C=O) groups is 3. The van der Waals surface area contributed by atoms with E-state index in [0.717, 1.165) is 60.2 Å². The maximum atomic E-state index is 14.2. The Morgan fingerprint density at radius 3 is 2.09 bits per heavy atom. The number of nitrogens with zero attached hydrogens (tertiary/aromatic N) is 4. The molecule has 1 spiro atoms. The van der Waals surface area contributed by atoms with E-state index in [4.69, 9.17) is 19.5 Å². The van der Waals surface area contributed by atoms with Gasteiger partial charge in [0.25, 0.3) is 0 Å². The van der Waals surface area contributed by atoms with Crippen molar-refractivity contribution in [3.8, 4) is 22.3 Å². The summed E-state index contributed by atoms with van der Waals surface area (Å²) in [6.45, 7) is 14.9. The van der Waals surface area contributed by atoms with Crippen LogP contribution in [0.3, 0.4) is 0 Å². The molecule has 5 fully saturated rings. The van der Waals surface area contributed by atoms with Gasteiger partial charge in [-0.3, -0.25) is 14.7 Å². The number of carbonyl (C=O) groups excluding carboxylic acids is 3. The first-order valence-corrected chi connectivity index (χ1v) is 26.4. The third-order valence-corrected chi connectivity index (χ3v) is 17.9. The molecule has 0 radical (unpaired) electrons. The van der Waals surface area contributed by atoms with Gasteiger partial charge in [-0.25, -0.2) is 14.6 Å². The number of allylic oxidation sites excluding steroid dienone is 1. The Labute approximate surface area is 414 Å². The summed E-state index contributed by atoms with van der Waals surface area (Å²) in [4.78, 5) is 57.6. The van der Waals surface area contributed by atoms with Crippen LogP contribution in [0.1, 0.15) is 141 Å². The highest BCUT2D eigenvalue weighted by atomic mass is 16.5. The lowest BCUT2D eigenvalue weighted by molar-refractivity contribution is -0.139. The third kappa shape index (κ3) is 8.74. The molecule has 3 N–H and O–H groups in total. The maximum Gasteiger partial charge on any atom is 0.407 e. The summed E-state index contributed by atoms with van der Waals surface area (Å²) in [6, 6.07) is 20.7. The summed E-state index contributed by atoms with van der Waals surface area (Å²) < 4.78 is 9.92. The Kier molecular flexibility index (Phi) is 13.2. The average molecular weight is 950 g/mol. The van der Waals surface area contributed by atoms with Crippen LogP contribution in [0.2, 0.25) is 0 Å². The number of ether oxygens (including phenoxy) is 2. The summed E-state index contributed by atoms with van der Waals surface area (Å²) in [6.07, 6.45) is 15.1. The van der Waals surface area contributed by atoms with E-state index in [0.29, 0.717) is 23.3 Å². The third-order valence-electron chi connectivity index (χ3n) is 17.9. The lowest BCUT2D eigenvalue weighted by Gasteiger charge is -2.43. The van der Waals surface area contributed by atoms with Crippen molar-refractivity contribution in [1.29, 1.82) is 0 Å². The Bertz CT molecular complexity index is 2700. The molecule has 3 saturated carbocycles. The van der Waals surface area contributed by atoms with Crippen molar-refractivity contribution in [2.75, 3.05) is 14.2 Å². The fraction of sp³-hybridized carbons (Fsp3) is 0.569. The van der Waals surface area contributed by atoms with E-state index in [1.54, 1.807) is 0 Å². The molecule has 4 aromatic rings. The molecule has 70 heavy (non-hydrogen) atoms. The van der Waals surface area contributed by atoms with E-state index in [-0.39, 0.29) is 54.0 Å². The second-order valence-corrected chi connectivity index (χ2v) is 22.7. The number of methoxy groups -OCH3 is 2. The normalized spacial score (nSPS) is 26.1. The topological polar surface area (TPSA) is 141 Å². The van der Waals surface area contributed by atoms with Gasteiger partial charge in [0.15, 0.2) is 0 Å². The summed E-state index contributed by atoms with van der Waals surface area (Å²) >= 11 is 0. The van der Waals surface area contributed by atoms with Crippen LogP contribution in [0.25, 0.3) is 38.9 Å². The van der Waals surface area contributed by atoms with Crippen molar-refractivity contribution < 1.29 is 23.9 Å². The standard InChI is InChI=1S/C58H75N7O5/c1-32(2)50(62-56(67)69-8)36(7)64-42-19-16-40(26-42)52(64)35(6)59-31-34(5)37-12-14-38(15-13-37)44-21-22-45(47-30-58(29-46(44)47)24-10-11-25-58)39-18-23-48-49(28-39)61-54(60-48)53-41-17-20-43(27-41)65(53)55(66)51(33(3)4)63-57(68)70-9/h12-15,18,21-23,28,31-33,36,40-43,50-53H,10-11,16-17,19-20,24-27,29-30H2,1-9H3,(H,60,61)(H,62,67)(H,63,68)/b34-31+,59-35+/t36?,40?,41?,42?,43?,50-,51-,52+,53-/m0/s1. The average Bonchev–Trinajstić information content (AvgIpc) is 4.24. The quantitative estimate of drug-likeness (QED) is 0.113. The number of amides is 3. The maximum absolute atomic E-state index is 14.2. The molecule has 2 saturated heterocycles. The molecular formula is C58H75N7O5. The number of H-pyrrole nitrogens is 1. The monoisotopic (exact) mass is 950 g/mol. The van der Waals surface area contributed by atoms with Crippen molar-refractivity contribution in [3.05, 3.63) is 83.3 Å². The number of benzene rings is 3. The second-order valence-electron chi connectivity index (χ2n) is 22.7. The van der Waals surface area contributed by atoms with Gasteiger partial charge in [-0.05, 0) is 171 Å². The van der Waals surface area contributed by atoms with Crippen molar-refractivity contribution in [2.24, 2.45) is 34.1 Å². The van der Waals surface area contributed by atoms with Crippen LogP contribution in [0.5, 0.6) is 0 Å². The fourth-order valence-electron chi connectivity index (χ4n) is 14.4. The molecule has 1 aromatic heterocycles. The highest BCUT2D eigenvalue weighted by Crippen LogP contribution is 2.54. The van der Waals surface area contributed by atoms with Gasteiger partial charge in [0.2, 0.25) is 5.91 Å². The van der Waals surface area contributed by atoms with Crippen LogP contribution in [0.4, 0.5) is 9.59 Å². The smallest absolute Gasteiger partial charge is 0.407 e. The zero-order chi connectivity index (χ0) is 49.2. The van der Waals surface area contributed by atoms with Crippen molar-refractivity contribution in [2.45, 2.75) is 168 Å². The number of piperidine rings is 2. The molecule has 4 bridgehead atoms.